The third kappa shape index (κ3) is 5.63. The van der Waals surface area contributed by atoms with Crippen LogP contribution in [0.5, 0.6) is 0 Å². The van der Waals surface area contributed by atoms with Crippen LogP contribution < -0.4 is 5.32 Å². The van der Waals surface area contributed by atoms with Gasteiger partial charge in [-0.15, -0.1) is 11.3 Å². The average Bonchev–Trinajstić information content (AvgIpc) is 2.95. The molecule has 1 atom stereocenters. The van der Waals surface area contributed by atoms with E-state index in [0.717, 1.165) is 19.4 Å². The number of hydrogen-bond donors (Lipinski definition) is 1. The number of hydrogen-bond acceptors (Lipinski definition) is 4. The van der Waals surface area contributed by atoms with Gasteiger partial charge in [0.1, 0.15) is 5.54 Å². The second-order valence-corrected chi connectivity index (χ2v) is 6.33. The van der Waals surface area contributed by atoms with Gasteiger partial charge in [-0.1, -0.05) is 38.7 Å². The Bertz CT molecular complexity index is 378. The molecule has 0 aliphatic rings. The number of thiophene rings is 1. The number of carbonyl (C=O) groups is 1. The first kappa shape index (κ1) is 17.2. The van der Waals surface area contributed by atoms with Gasteiger partial charge in [-0.05, 0) is 31.7 Å². The van der Waals surface area contributed by atoms with Crippen LogP contribution in [-0.2, 0) is 16.1 Å². The molecule has 0 aromatic carbocycles. The predicted octanol–water partition coefficient (Wildman–Crippen LogP) is 4.13. The maximum atomic E-state index is 12.2. The van der Waals surface area contributed by atoms with Crippen LogP contribution in [0.25, 0.3) is 0 Å². The highest BCUT2D eigenvalue weighted by atomic mass is 32.1. The lowest BCUT2D eigenvalue weighted by Gasteiger charge is -2.28. The van der Waals surface area contributed by atoms with Gasteiger partial charge in [0.2, 0.25) is 0 Å². The number of carbonyl (C=O) groups excluding carboxylic acids is 1. The molecule has 0 aliphatic carbocycles. The normalized spacial score (nSPS) is 13.9. The summed E-state index contributed by atoms with van der Waals surface area (Å²) >= 11 is 1.71. The number of ether oxygens (including phenoxy) is 1. The summed E-state index contributed by atoms with van der Waals surface area (Å²) in [4.78, 5) is 13.5. The van der Waals surface area contributed by atoms with E-state index in [-0.39, 0.29) is 5.97 Å². The Morgan fingerprint density at radius 1 is 1.35 bits per heavy atom. The molecule has 1 unspecified atom stereocenters. The van der Waals surface area contributed by atoms with Crippen LogP contribution in [0.3, 0.4) is 0 Å². The average molecular weight is 297 g/mol. The molecule has 1 N–H and O–H groups in total. The number of rotatable bonds is 10. The summed E-state index contributed by atoms with van der Waals surface area (Å²) < 4.78 is 5.24. The molecule has 0 amide bonds. The smallest absolute Gasteiger partial charge is 0.326 e. The summed E-state index contributed by atoms with van der Waals surface area (Å²) in [6, 6.07) is 4.12. The summed E-state index contributed by atoms with van der Waals surface area (Å²) in [5.41, 5.74) is -0.576. The first-order valence-corrected chi connectivity index (χ1v) is 8.45. The summed E-state index contributed by atoms with van der Waals surface area (Å²) in [5.74, 6) is -0.131. The van der Waals surface area contributed by atoms with Crippen LogP contribution in [0, 0.1) is 0 Å². The topological polar surface area (TPSA) is 38.3 Å². The Balaban J connectivity index is 2.55. The SMILES string of the molecule is CCCCCCC(C)(NCc1cccs1)C(=O)OCC. The zero-order valence-corrected chi connectivity index (χ0v) is 13.7. The molecule has 0 spiro atoms. The molecule has 0 radical (unpaired) electrons. The molecular weight excluding hydrogens is 270 g/mol. The minimum Gasteiger partial charge on any atom is -0.465 e. The summed E-state index contributed by atoms with van der Waals surface area (Å²) in [5, 5.41) is 5.45. The van der Waals surface area contributed by atoms with Crippen molar-refractivity contribution in [2.75, 3.05) is 6.61 Å². The van der Waals surface area contributed by atoms with Gasteiger partial charge >= 0.3 is 5.97 Å². The number of unbranched alkanes of at least 4 members (excludes halogenated alkanes) is 3. The zero-order valence-electron chi connectivity index (χ0n) is 12.9. The Morgan fingerprint density at radius 2 is 2.15 bits per heavy atom. The quantitative estimate of drug-likeness (QED) is 0.521. The van der Waals surface area contributed by atoms with Crippen LogP contribution in [0.15, 0.2) is 17.5 Å². The Kier molecular flexibility index (Phi) is 7.85. The molecule has 1 heterocycles. The highest BCUT2D eigenvalue weighted by Gasteiger charge is 2.33. The Labute approximate surface area is 126 Å². The van der Waals surface area contributed by atoms with E-state index in [1.165, 1.54) is 24.1 Å². The fourth-order valence-electron chi connectivity index (χ4n) is 2.15. The van der Waals surface area contributed by atoms with E-state index in [1.54, 1.807) is 11.3 Å². The van der Waals surface area contributed by atoms with Gasteiger partial charge in [0, 0.05) is 11.4 Å². The Hall–Kier alpha value is -0.870. The lowest BCUT2D eigenvalue weighted by molar-refractivity contribution is -0.151. The molecule has 1 rings (SSSR count). The summed E-state index contributed by atoms with van der Waals surface area (Å²) in [6.45, 7) is 7.17. The second kappa shape index (κ2) is 9.14. The van der Waals surface area contributed by atoms with E-state index in [4.69, 9.17) is 4.74 Å². The molecular formula is C16H27NO2S. The van der Waals surface area contributed by atoms with Crippen LogP contribution >= 0.6 is 11.3 Å². The minimum atomic E-state index is -0.576. The molecule has 1 aromatic rings. The molecule has 0 saturated heterocycles. The van der Waals surface area contributed by atoms with Crippen molar-refractivity contribution >= 4 is 17.3 Å². The van der Waals surface area contributed by atoms with Crippen LogP contribution in [0.2, 0.25) is 0 Å². The largest absolute Gasteiger partial charge is 0.465 e. The van der Waals surface area contributed by atoms with E-state index in [2.05, 4.69) is 23.7 Å². The third-order valence-corrected chi connectivity index (χ3v) is 4.37. The van der Waals surface area contributed by atoms with Crippen LogP contribution in [0.4, 0.5) is 0 Å². The van der Waals surface area contributed by atoms with E-state index in [0.29, 0.717) is 6.61 Å². The van der Waals surface area contributed by atoms with Crippen LogP contribution in [0.1, 0.15) is 57.8 Å². The van der Waals surface area contributed by atoms with E-state index < -0.39 is 5.54 Å². The highest BCUT2D eigenvalue weighted by Crippen LogP contribution is 2.19. The molecule has 20 heavy (non-hydrogen) atoms. The Morgan fingerprint density at radius 3 is 2.75 bits per heavy atom. The standard InChI is InChI=1S/C16H27NO2S/c1-4-6-7-8-11-16(3,15(18)19-5-2)17-13-14-10-9-12-20-14/h9-10,12,17H,4-8,11,13H2,1-3H3. The van der Waals surface area contributed by atoms with Gasteiger partial charge in [0.25, 0.3) is 0 Å². The monoisotopic (exact) mass is 297 g/mol. The first-order valence-electron chi connectivity index (χ1n) is 7.57. The third-order valence-electron chi connectivity index (χ3n) is 3.49. The maximum Gasteiger partial charge on any atom is 0.326 e. The van der Waals surface area contributed by atoms with Crippen molar-refractivity contribution in [2.45, 2.75) is 65.0 Å². The van der Waals surface area contributed by atoms with Gasteiger partial charge in [-0.2, -0.15) is 0 Å². The number of nitrogens with one attached hydrogen (secondary N) is 1. The van der Waals surface area contributed by atoms with Gasteiger partial charge in [0.05, 0.1) is 6.61 Å². The number of esters is 1. The predicted molar refractivity (Wildman–Crippen MR) is 85.0 cm³/mol. The highest BCUT2D eigenvalue weighted by molar-refractivity contribution is 7.09. The zero-order chi connectivity index (χ0) is 14.8. The fourth-order valence-corrected chi connectivity index (χ4v) is 2.80. The van der Waals surface area contributed by atoms with Gasteiger partial charge in [-0.25, -0.2) is 0 Å². The molecule has 4 heteroatoms. The van der Waals surface area contributed by atoms with Gasteiger partial charge in [-0.3, -0.25) is 10.1 Å². The van der Waals surface area contributed by atoms with Crippen molar-refractivity contribution in [1.29, 1.82) is 0 Å². The minimum absolute atomic E-state index is 0.131. The van der Waals surface area contributed by atoms with Crippen molar-refractivity contribution in [2.24, 2.45) is 0 Å². The lowest BCUT2D eigenvalue weighted by atomic mass is 9.94. The summed E-state index contributed by atoms with van der Waals surface area (Å²) in [7, 11) is 0. The van der Waals surface area contributed by atoms with E-state index >= 15 is 0 Å². The van der Waals surface area contributed by atoms with Crippen molar-refractivity contribution in [3.8, 4) is 0 Å². The summed E-state index contributed by atoms with van der Waals surface area (Å²) in [6.07, 6.45) is 5.49. The van der Waals surface area contributed by atoms with Gasteiger partial charge in [0.15, 0.2) is 0 Å². The molecule has 0 saturated carbocycles. The van der Waals surface area contributed by atoms with Gasteiger partial charge < -0.3 is 4.74 Å². The molecule has 114 valence electrons. The molecule has 0 fully saturated rings. The van der Waals surface area contributed by atoms with E-state index in [9.17, 15) is 4.79 Å². The second-order valence-electron chi connectivity index (χ2n) is 5.30. The maximum absolute atomic E-state index is 12.2. The fraction of sp³-hybridized carbons (Fsp3) is 0.688. The first-order chi connectivity index (χ1) is 9.62. The van der Waals surface area contributed by atoms with E-state index in [1.807, 2.05) is 19.9 Å². The van der Waals surface area contributed by atoms with Crippen molar-refractivity contribution in [3.05, 3.63) is 22.4 Å². The lowest BCUT2D eigenvalue weighted by Crippen LogP contribution is -2.50. The van der Waals surface area contributed by atoms with Crippen molar-refractivity contribution in [1.82, 2.24) is 5.32 Å². The molecule has 0 aliphatic heterocycles. The molecule has 3 nitrogen and oxygen atoms in total. The van der Waals surface area contributed by atoms with Crippen LogP contribution in [-0.4, -0.2) is 18.1 Å². The van der Waals surface area contributed by atoms with Crippen molar-refractivity contribution < 1.29 is 9.53 Å². The molecule has 1 aromatic heterocycles. The van der Waals surface area contributed by atoms with Crippen molar-refractivity contribution in [3.63, 3.8) is 0 Å². The molecule has 0 bridgehead atoms.